The maximum Gasteiger partial charge on any atom is 0.414 e. The summed E-state index contributed by atoms with van der Waals surface area (Å²) < 4.78 is 41.0. The number of carbonyl (C=O) groups excluding carboxylic acids is 1. The van der Waals surface area contributed by atoms with Gasteiger partial charge in [-0.05, 0) is 20.8 Å². The molecule has 16 heavy (non-hydrogen) atoms. The molecule has 0 radical (unpaired) electrons. The molecule has 0 aliphatic carbocycles. The van der Waals surface area contributed by atoms with Crippen molar-refractivity contribution in [2.45, 2.75) is 45.1 Å². The summed E-state index contributed by atoms with van der Waals surface area (Å²) >= 11 is 0. The number of halogens is 3. The Morgan fingerprint density at radius 2 is 1.88 bits per heavy atom. The molecule has 0 aliphatic rings. The van der Waals surface area contributed by atoms with Gasteiger partial charge in [-0.2, -0.15) is 13.2 Å². The Morgan fingerprint density at radius 3 is 2.19 bits per heavy atom. The summed E-state index contributed by atoms with van der Waals surface area (Å²) in [7, 11) is 0. The summed E-state index contributed by atoms with van der Waals surface area (Å²) in [4.78, 5) is 11.1. The van der Waals surface area contributed by atoms with Gasteiger partial charge < -0.3 is 9.84 Å². The maximum absolute atomic E-state index is 12.1. The normalized spacial score (nSPS) is 14.4. The van der Waals surface area contributed by atoms with E-state index in [-0.39, 0.29) is 5.57 Å². The summed E-state index contributed by atoms with van der Waals surface area (Å²) in [5.41, 5.74) is -1.31. The molecule has 0 aromatic heterocycles. The number of hydrogen-bond acceptors (Lipinski definition) is 3. The molecule has 0 rings (SSSR count). The van der Waals surface area contributed by atoms with Crippen LogP contribution in [0.15, 0.2) is 12.2 Å². The van der Waals surface area contributed by atoms with Gasteiger partial charge in [-0.3, -0.25) is 0 Å². The lowest BCUT2D eigenvalue weighted by atomic mass is 10.00. The molecular formula is C10H15F3O3. The number of ether oxygens (including phenoxy) is 1. The van der Waals surface area contributed by atoms with Crippen molar-refractivity contribution in [3.63, 3.8) is 0 Å². The van der Waals surface area contributed by atoms with E-state index in [0.717, 1.165) is 0 Å². The lowest BCUT2D eigenvalue weighted by Crippen LogP contribution is -2.39. The highest BCUT2D eigenvalue weighted by Gasteiger charge is 2.42. The number of carbonyl (C=O) groups is 1. The molecule has 0 aromatic carbocycles. The predicted octanol–water partition coefficient (Wildman–Crippen LogP) is 2.20. The van der Waals surface area contributed by atoms with Crippen LogP contribution in [-0.2, 0) is 9.53 Å². The Morgan fingerprint density at radius 1 is 1.44 bits per heavy atom. The molecule has 0 aliphatic heterocycles. The fourth-order valence-electron chi connectivity index (χ4n) is 0.961. The molecule has 0 fully saturated rings. The van der Waals surface area contributed by atoms with Crippen LogP contribution in [0, 0.1) is 0 Å². The second kappa shape index (κ2) is 4.86. The van der Waals surface area contributed by atoms with E-state index >= 15 is 0 Å². The van der Waals surface area contributed by atoms with Crippen molar-refractivity contribution in [1.82, 2.24) is 0 Å². The first-order valence-corrected chi connectivity index (χ1v) is 4.59. The van der Waals surface area contributed by atoms with Crippen LogP contribution < -0.4 is 0 Å². The molecule has 3 nitrogen and oxygen atoms in total. The highest BCUT2D eigenvalue weighted by atomic mass is 19.4. The van der Waals surface area contributed by atoms with Gasteiger partial charge in [0, 0.05) is 12.0 Å². The Kier molecular flexibility index (Phi) is 4.55. The van der Waals surface area contributed by atoms with E-state index in [1.807, 2.05) is 0 Å². The van der Waals surface area contributed by atoms with E-state index < -0.39 is 30.3 Å². The number of aliphatic hydroxyl groups excluding tert-OH is 1. The summed E-state index contributed by atoms with van der Waals surface area (Å²) in [6, 6.07) is 0. The Balaban J connectivity index is 4.46. The van der Waals surface area contributed by atoms with Gasteiger partial charge in [-0.15, -0.1) is 0 Å². The molecule has 0 saturated carbocycles. The molecule has 0 amide bonds. The summed E-state index contributed by atoms with van der Waals surface area (Å²) in [6.45, 7) is 7.28. The molecule has 6 heteroatoms. The van der Waals surface area contributed by atoms with Crippen molar-refractivity contribution in [2.75, 3.05) is 0 Å². The Labute approximate surface area is 91.9 Å². The Hall–Kier alpha value is -1.04. The van der Waals surface area contributed by atoms with E-state index in [4.69, 9.17) is 9.84 Å². The zero-order valence-corrected chi connectivity index (χ0v) is 9.39. The van der Waals surface area contributed by atoms with Crippen molar-refractivity contribution in [3.8, 4) is 0 Å². The third-order valence-corrected chi connectivity index (χ3v) is 1.78. The summed E-state index contributed by atoms with van der Waals surface area (Å²) in [6.07, 6.45) is -7.94. The standard InChI is InChI=1S/C10H15F3O3/c1-6(2)8(15)16-9(3,4)5-7(14)10(11,12)13/h7,14H,1,5H2,2-4H3. The van der Waals surface area contributed by atoms with Crippen molar-refractivity contribution in [2.24, 2.45) is 0 Å². The van der Waals surface area contributed by atoms with E-state index in [0.29, 0.717) is 0 Å². The molecule has 0 bridgehead atoms. The second-order valence-electron chi connectivity index (χ2n) is 4.19. The van der Waals surface area contributed by atoms with Crippen LogP contribution in [0.5, 0.6) is 0 Å². The first-order chi connectivity index (χ1) is 6.96. The van der Waals surface area contributed by atoms with Crippen molar-refractivity contribution in [3.05, 3.63) is 12.2 Å². The van der Waals surface area contributed by atoms with Gasteiger partial charge >= 0.3 is 12.1 Å². The van der Waals surface area contributed by atoms with Crippen LogP contribution in [-0.4, -0.2) is 29.0 Å². The molecule has 0 aromatic rings. The van der Waals surface area contributed by atoms with E-state index in [1.165, 1.54) is 20.8 Å². The molecule has 0 saturated heterocycles. The smallest absolute Gasteiger partial charge is 0.414 e. The van der Waals surface area contributed by atoms with Crippen LogP contribution in [0.1, 0.15) is 27.2 Å². The number of aliphatic hydroxyl groups is 1. The van der Waals surface area contributed by atoms with Crippen LogP contribution in [0.3, 0.4) is 0 Å². The van der Waals surface area contributed by atoms with Gasteiger partial charge in [0.05, 0.1) is 0 Å². The number of esters is 1. The molecule has 94 valence electrons. The molecule has 1 unspecified atom stereocenters. The van der Waals surface area contributed by atoms with Crippen LogP contribution >= 0.6 is 0 Å². The van der Waals surface area contributed by atoms with Crippen LogP contribution in [0.2, 0.25) is 0 Å². The zero-order chi connectivity index (χ0) is 13.1. The van der Waals surface area contributed by atoms with Crippen molar-refractivity contribution in [1.29, 1.82) is 0 Å². The third kappa shape index (κ3) is 5.16. The second-order valence-corrected chi connectivity index (χ2v) is 4.19. The zero-order valence-electron chi connectivity index (χ0n) is 9.39. The molecule has 1 N–H and O–H groups in total. The fraction of sp³-hybridized carbons (Fsp3) is 0.700. The van der Waals surface area contributed by atoms with Gasteiger partial charge in [0.1, 0.15) is 5.60 Å². The van der Waals surface area contributed by atoms with E-state index in [9.17, 15) is 18.0 Å². The number of alkyl halides is 3. The minimum absolute atomic E-state index is 0.0922. The lowest BCUT2D eigenvalue weighted by Gasteiger charge is -2.28. The average Bonchev–Trinajstić information content (AvgIpc) is 1.99. The molecule has 1 atom stereocenters. The van der Waals surface area contributed by atoms with E-state index in [2.05, 4.69) is 6.58 Å². The molecule has 0 spiro atoms. The van der Waals surface area contributed by atoms with Gasteiger partial charge in [-0.1, -0.05) is 6.58 Å². The fourth-order valence-corrected chi connectivity index (χ4v) is 0.961. The SMILES string of the molecule is C=C(C)C(=O)OC(C)(C)CC(O)C(F)(F)F. The minimum atomic E-state index is -4.72. The maximum atomic E-state index is 12.1. The first-order valence-electron chi connectivity index (χ1n) is 4.59. The highest BCUT2D eigenvalue weighted by molar-refractivity contribution is 5.87. The van der Waals surface area contributed by atoms with Crippen LogP contribution in [0.25, 0.3) is 0 Å². The van der Waals surface area contributed by atoms with Crippen molar-refractivity contribution < 1.29 is 27.8 Å². The van der Waals surface area contributed by atoms with Gasteiger partial charge in [0.15, 0.2) is 6.10 Å². The number of hydrogen-bond donors (Lipinski definition) is 1. The Bertz CT molecular complexity index is 282. The average molecular weight is 240 g/mol. The predicted molar refractivity (Wildman–Crippen MR) is 51.7 cm³/mol. The number of rotatable bonds is 4. The quantitative estimate of drug-likeness (QED) is 0.605. The van der Waals surface area contributed by atoms with Crippen LogP contribution in [0.4, 0.5) is 13.2 Å². The summed E-state index contributed by atoms with van der Waals surface area (Å²) in [5, 5.41) is 8.83. The minimum Gasteiger partial charge on any atom is -0.456 e. The molecule has 0 heterocycles. The van der Waals surface area contributed by atoms with Gasteiger partial charge in [-0.25, -0.2) is 4.79 Å². The third-order valence-electron chi connectivity index (χ3n) is 1.78. The van der Waals surface area contributed by atoms with E-state index in [1.54, 1.807) is 0 Å². The monoisotopic (exact) mass is 240 g/mol. The molecular weight excluding hydrogens is 225 g/mol. The first kappa shape index (κ1) is 15.0. The largest absolute Gasteiger partial charge is 0.456 e. The highest BCUT2D eigenvalue weighted by Crippen LogP contribution is 2.28. The lowest BCUT2D eigenvalue weighted by molar-refractivity contribution is -0.218. The van der Waals surface area contributed by atoms with Crippen molar-refractivity contribution >= 4 is 5.97 Å². The topological polar surface area (TPSA) is 46.5 Å². The van der Waals surface area contributed by atoms with Gasteiger partial charge in [0.25, 0.3) is 0 Å². The summed E-state index contributed by atoms with van der Waals surface area (Å²) in [5.74, 6) is -0.778. The van der Waals surface area contributed by atoms with Gasteiger partial charge in [0.2, 0.25) is 0 Å².